The van der Waals surface area contributed by atoms with Crippen LogP contribution >= 0.6 is 24.0 Å². The lowest BCUT2D eigenvalue weighted by Crippen LogP contribution is -2.10. The first-order chi connectivity index (χ1) is 6.27. The number of nitriles is 1. The van der Waals surface area contributed by atoms with Crippen molar-refractivity contribution in [2.45, 2.75) is 0 Å². The Morgan fingerprint density at radius 2 is 2.21 bits per heavy atom. The highest BCUT2D eigenvalue weighted by Crippen LogP contribution is 2.21. The van der Waals surface area contributed by atoms with Crippen LogP contribution in [-0.4, -0.2) is 13.2 Å². The predicted molar refractivity (Wildman–Crippen MR) is 58.0 cm³/mol. The van der Waals surface area contributed by atoms with Gasteiger partial charge in [0.2, 0.25) is 0 Å². The number of hydrogen-bond donors (Lipinski definition) is 1. The van der Waals surface area contributed by atoms with Gasteiger partial charge in [0.1, 0.15) is 18.4 Å². The molecule has 0 saturated heterocycles. The monoisotopic (exact) mass is 232 g/mol. The summed E-state index contributed by atoms with van der Waals surface area (Å²) in [6, 6.07) is 6.89. The van der Waals surface area contributed by atoms with Crippen molar-refractivity contribution in [2.75, 3.05) is 13.2 Å². The number of benzene rings is 1. The number of rotatable bonds is 3. The third-order valence-corrected chi connectivity index (χ3v) is 1.76. The molecule has 0 spiro atoms. The Labute approximate surface area is 93.8 Å². The van der Waals surface area contributed by atoms with Crippen LogP contribution in [0.2, 0.25) is 5.02 Å². The molecular formula is C9H10Cl2N2O. The van der Waals surface area contributed by atoms with Crippen LogP contribution in [0.1, 0.15) is 5.56 Å². The molecule has 3 nitrogen and oxygen atoms in total. The van der Waals surface area contributed by atoms with Gasteiger partial charge in [0.05, 0.1) is 10.6 Å². The maximum atomic E-state index is 8.59. The molecule has 2 N–H and O–H groups in total. The Kier molecular flexibility index (Phi) is 6.06. The molecule has 0 amide bonds. The number of nitrogens with zero attached hydrogens (tertiary/aromatic N) is 1. The average Bonchev–Trinajstić information content (AvgIpc) is 2.15. The van der Waals surface area contributed by atoms with Crippen molar-refractivity contribution in [2.24, 2.45) is 5.73 Å². The summed E-state index contributed by atoms with van der Waals surface area (Å²) in [5.74, 6) is 0.634. The Morgan fingerprint density at radius 3 is 2.71 bits per heavy atom. The smallest absolute Gasteiger partial charge is 0.120 e. The van der Waals surface area contributed by atoms with Crippen molar-refractivity contribution in [3.63, 3.8) is 0 Å². The minimum Gasteiger partial charge on any atom is -0.492 e. The van der Waals surface area contributed by atoms with E-state index in [-0.39, 0.29) is 12.4 Å². The number of hydrogen-bond acceptors (Lipinski definition) is 3. The summed E-state index contributed by atoms with van der Waals surface area (Å²) in [6.45, 7) is 0.903. The molecule has 1 aromatic carbocycles. The molecule has 0 fully saturated rings. The molecule has 1 rings (SSSR count). The highest BCUT2D eigenvalue weighted by atomic mass is 35.5. The Hall–Kier alpha value is -0.950. The molecule has 0 aliphatic heterocycles. The molecule has 0 aromatic heterocycles. The van der Waals surface area contributed by atoms with E-state index in [1.165, 1.54) is 0 Å². The Morgan fingerprint density at radius 1 is 1.50 bits per heavy atom. The first-order valence-corrected chi connectivity index (χ1v) is 4.18. The second kappa shape index (κ2) is 6.50. The van der Waals surface area contributed by atoms with E-state index in [0.717, 1.165) is 0 Å². The molecule has 0 aliphatic carbocycles. The topological polar surface area (TPSA) is 59.0 Å². The van der Waals surface area contributed by atoms with Crippen LogP contribution in [0, 0.1) is 11.3 Å². The molecule has 5 heteroatoms. The second-order valence-corrected chi connectivity index (χ2v) is 2.80. The van der Waals surface area contributed by atoms with Gasteiger partial charge >= 0.3 is 0 Å². The third-order valence-electron chi connectivity index (χ3n) is 1.45. The number of nitrogens with two attached hydrogens (primary N) is 1. The molecule has 0 heterocycles. The van der Waals surface area contributed by atoms with Gasteiger partial charge in [-0.2, -0.15) is 5.26 Å². The van der Waals surface area contributed by atoms with E-state index in [9.17, 15) is 0 Å². The van der Waals surface area contributed by atoms with Crippen LogP contribution < -0.4 is 10.5 Å². The highest BCUT2D eigenvalue weighted by Gasteiger charge is 2.00. The summed E-state index contributed by atoms with van der Waals surface area (Å²) in [5.41, 5.74) is 5.71. The van der Waals surface area contributed by atoms with E-state index in [4.69, 9.17) is 27.3 Å². The predicted octanol–water partition coefficient (Wildman–Crippen LogP) is 1.97. The third kappa shape index (κ3) is 3.43. The van der Waals surface area contributed by atoms with Gasteiger partial charge in [-0.3, -0.25) is 0 Å². The normalized spacial score (nSPS) is 8.64. The fraction of sp³-hybridized carbons (Fsp3) is 0.222. The van der Waals surface area contributed by atoms with Crippen LogP contribution in [0.25, 0.3) is 0 Å². The van der Waals surface area contributed by atoms with Crippen molar-refractivity contribution in [1.29, 1.82) is 5.26 Å². The number of ether oxygens (including phenoxy) is 1. The van der Waals surface area contributed by atoms with E-state index in [1.807, 2.05) is 6.07 Å². The quantitative estimate of drug-likeness (QED) is 0.868. The van der Waals surface area contributed by atoms with Crippen LogP contribution in [0.3, 0.4) is 0 Å². The lowest BCUT2D eigenvalue weighted by molar-refractivity contribution is 0.328. The zero-order valence-electron chi connectivity index (χ0n) is 7.37. The lowest BCUT2D eigenvalue weighted by atomic mass is 10.2. The molecule has 0 aliphatic rings. The standard InChI is InChI=1S/C9H9ClN2O.ClH/c10-9-5-8(13-4-3-11)2-1-7(9)6-12;/h1-2,5H,3-4,11H2;1H. The lowest BCUT2D eigenvalue weighted by Gasteiger charge is -2.04. The van der Waals surface area contributed by atoms with E-state index >= 15 is 0 Å². The first kappa shape index (κ1) is 13.1. The van der Waals surface area contributed by atoms with Crippen LogP contribution in [0.5, 0.6) is 5.75 Å². The van der Waals surface area contributed by atoms with Gasteiger partial charge in [-0.15, -0.1) is 12.4 Å². The van der Waals surface area contributed by atoms with Crippen molar-refractivity contribution >= 4 is 24.0 Å². The molecule has 1 aromatic rings. The van der Waals surface area contributed by atoms with E-state index in [0.29, 0.717) is 29.5 Å². The van der Waals surface area contributed by atoms with Crippen molar-refractivity contribution < 1.29 is 4.74 Å². The fourth-order valence-corrected chi connectivity index (χ4v) is 1.07. The van der Waals surface area contributed by atoms with Gasteiger partial charge in [-0.1, -0.05) is 11.6 Å². The van der Waals surface area contributed by atoms with Gasteiger partial charge in [0.25, 0.3) is 0 Å². The molecule has 14 heavy (non-hydrogen) atoms. The summed E-state index contributed by atoms with van der Waals surface area (Å²) in [6.07, 6.45) is 0. The highest BCUT2D eigenvalue weighted by molar-refractivity contribution is 6.31. The largest absolute Gasteiger partial charge is 0.492 e. The molecule has 0 saturated carbocycles. The van der Waals surface area contributed by atoms with Crippen LogP contribution in [0.15, 0.2) is 18.2 Å². The fourth-order valence-electron chi connectivity index (χ4n) is 0.853. The van der Waals surface area contributed by atoms with Gasteiger partial charge in [-0.25, -0.2) is 0 Å². The minimum absolute atomic E-state index is 0. The first-order valence-electron chi connectivity index (χ1n) is 3.80. The van der Waals surface area contributed by atoms with E-state index in [2.05, 4.69) is 0 Å². The van der Waals surface area contributed by atoms with Gasteiger partial charge in [0.15, 0.2) is 0 Å². The van der Waals surface area contributed by atoms with E-state index < -0.39 is 0 Å². The maximum absolute atomic E-state index is 8.59. The van der Waals surface area contributed by atoms with E-state index in [1.54, 1.807) is 18.2 Å². The van der Waals surface area contributed by atoms with Crippen molar-refractivity contribution in [1.82, 2.24) is 0 Å². The van der Waals surface area contributed by atoms with Crippen LogP contribution in [-0.2, 0) is 0 Å². The van der Waals surface area contributed by atoms with Crippen LogP contribution in [0.4, 0.5) is 0 Å². The zero-order chi connectivity index (χ0) is 9.68. The molecule has 0 bridgehead atoms. The molecule has 0 atom stereocenters. The summed E-state index contributed by atoms with van der Waals surface area (Å²) in [7, 11) is 0. The van der Waals surface area contributed by atoms with Crippen molar-refractivity contribution in [3.8, 4) is 11.8 Å². The summed E-state index contributed by atoms with van der Waals surface area (Å²) in [5, 5.41) is 8.99. The van der Waals surface area contributed by atoms with Crippen molar-refractivity contribution in [3.05, 3.63) is 28.8 Å². The average molecular weight is 233 g/mol. The minimum atomic E-state index is 0. The molecule has 0 radical (unpaired) electrons. The molecular weight excluding hydrogens is 223 g/mol. The molecule has 76 valence electrons. The zero-order valence-corrected chi connectivity index (χ0v) is 8.94. The second-order valence-electron chi connectivity index (χ2n) is 2.39. The maximum Gasteiger partial charge on any atom is 0.120 e. The SMILES string of the molecule is Cl.N#Cc1ccc(OCCN)cc1Cl. The van der Waals surface area contributed by atoms with Gasteiger partial charge in [0, 0.05) is 12.6 Å². The van der Waals surface area contributed by atoms with Gasteiger partial charge in [-0.05, 0) is 12.1 Å². The summed E-state index contributed by atoms with van der Waals surface area (Å²) in [4.78, 5) is 0. The number of halogens is 2. The summed E-state index contributed by atoms with van der Waals surface area (Å²) < 4.78 is 5.22. The Bertz CT molecular complexity index is 336. The molecule has 0 unspecified atom stereocenters. The summed E-state index contributed by atoms with van der Waals surface area (Å²) >= 11 is 5.77. The Balaban J connectivity index is 0.00000169. The van der Waals surface area contributed by atoms with Gasteiger partial charge < -0.3 is 10.5 Å².